The molecule has 32 heavy (non-hydrogen) atoms. The van der Waals surface area contributed by atoms with Gasteiger partial charge in [0.1, 0.15) is 0 Å². The van der Waals surface area contributed by atoms with Crippen LogP contribution in [-0.4, -0.2) is 20.0 Å². The van der Waals surface area contributed by atoms with Crippen LogP contribution in [0.2, 0.25) is 10.0 Å². The molecule has 2 aromatic rings. The van der Waals surface area contributed by atoms with Crippen molar-refractivity contribution < 1.29 is 13.2 Å². The molecule has 6 nitrogen and oxygen atoms in total. The van der Waals surface area contributed by atoms with Gasteiger partial charge in [-0.15, -0.1) is 0 Å². The Bertz CT molecular complexity index is 1120. The number of halogens is 2. The molecule has 0 unspecified atom stereocenters. The van der Waals surface area contributed by atoms with Gasteiger partial charge >= 0.3 is 6.03 Å². The van der Waals surface area contributed by atoms with E-state index < -0.39 is 16.1 Å². The molecule has 0 aromatic heterocycles. The minimum atomic E-state index is -3.64. The Morgan fingerprint density at radius 3 is 2.06 bits per heavy atom. The van der Waals surface area contributed by atoms with E-state index in [4.69, 9.17) is 23.2 Å². The molecule has 4 bridgehead atoms. The summed E-state index contributed by atoms with van der Waals surface area (Å²) < 4.78 is 29.3. The van der Waals surface area contributed by atoms with Crippen molar-refractivity contribution in [2.24, 2.45) is 17.8 Å². The van der Waals surface area contributed by atoms with Crippen molar-refractivity contribution in [3.63, 3.8) is 0 Å². The van der Waals surface area contributed by atoms with Gasteiger partial charge in [0.25, 0.3) is 0 Å². The van der Waals surface area contributed by atoms with Crippen molar-refractivity contribution >= 4 is 50.6 Å². The number of rotatable bonds is 5. The molecule has 0 aliphatic heterocycles. The van der Waals surface area contributed by atoms with E-state index in [-0.39, 0.29) is 15.5 Å². The summed E-state index contributed by atoms with van der Waals surface area (Å²) in [5.74, 6) is 1.96. The lowest BCUT2D eigenvalue weighted by Crippen LogP contribution is -2.59. The molecule has 4 aliphatic carbocycles. The van der Waals surface area contributed by atoms with E-state index in [0.717, 1.165) is 19.3 Å². The normalized spacial score (nSPS) is 28.5. The minimum absolute atomic E-state index is 0.206. The van der Waals surface area contributed by atoms with E-state index in [1.54, 1.807) is 30.3 Å². The zero-order valence-corrected chi connectivity index (χ0v) is 19.7. The number of anilines is 2. The number of carbonyl (C=O) groups is 1. The van der Waals surface area contributed by atoms with Crippen molar-refractivity contribution in [1.82, 2.24) is 4.72 Å². The van der Waals surface area contributed by atoms with Crippen molar-refractivity contribution in [3.05, 3.63) is 52.5 Å². The molecule has 0 heterocycles. The van der Waals surface area contributed by atoms with Crippen LogP contribution in [0.15, 0.2) is 47.4 Å². The Hall–Kier alpha value is -1.80. The van der Waals surface area contributed by atoms with Gasteiger partial charge in [0.2, 0.25) is 10.0 Å². The van der Waals surface area contributed by atoms with Gasteiger partial charge in [-0.3, -0.25) is 0 Å². The van der Waals surface area contributed by atoms with Crippen LogP contribution in [-0.2, 0) is 10.0 Å². The van der Waals surface area contributed by atoms with Gasteiger partial charge < -0.3 is 10.6 Å². The van der Waals surface area contributed by atoms with E-state index in [0.29, 0.717) is 34.2 Å². The number of benzene rings is 2. The summed E-state index contributed by atoms with van der Waals surface area (Å²) in [5, 5.41) is 5.90. The monoisotopic (exact) mass is 493 g/mol. The third kappa shape index (κ3) is 4.36. The minimum Gasteiger partial charge on any atom is -0.308 e. The van der Waals surface area contributed by atoms with Crippen LogP contribution < -0.4 is 15.4 Å². The smallest absolute Gasteiger partial charge is 0.308 e. The Morgan fingerprint density at radius 2 is 1.47 bits per heavy atom. The number of nitrogens with one attached hydrogen (secondary N) is 3. The molecule has 0 saturated heterocycles. The second kappa shape index (κ2) is 8.20. The second-order valence-electron chi connectivity index (χ2n) is 9.51. The van der Waals surface area contributed by atoms with E-state index in [9.17, 15) is 13.2 Å². The molecule has 170 valence electrons. The Morgan fingerprint density at radius 1 is 0.875 bits per heavy atom. The van der Waals surface area contributed by atoms with Gasteiger partial charge in [-0.1, -0.05) is 29.3 Å². The van der Waals surface area contributed by atoms with Crippen LogP contribution in [0.25, 0.3) is 0 Å². The topological polar surface area (TPSA) is 87.3 Å². The van der Waals surface area contributed by atoms with E-state index in [1.807, 2.05) is 0 Å². The van der Waals surface area contributed by atoms with Gasteiger partial charge in [-0.2, -0.15) is 0 Å². The predicted octanol–water partition coefficient (Wildman–Crippen LogP) is 5.88. The molecule has 9 heteroatoms. The summed E-state index contributed by atoms with van der Waals surface area (Å²) in [6.45, 7) is 0. The molecule has 0 atom stereocenters. The number of carbonyl (C=O) groups excluding carboxylic acids is 1. The first-order valence-electron chi connectivity index (χ1n) is 10.9. The third-order valence-electron chi connectivity index (χ3n) is 7.01. The quantitative estimate of drug-likeness (QED) is 0.485. The lowest BCUT2D eigenvalue weighted by Gasteiger charge is -2.56. The summed E-state index contributed by atoms with van der Waals surface area (Å²) in [6, 6.07) is 10.6. The molecule has 2 amide bonds. The summed E-state index contributed by atoms with van der Waals surface area (Å²) in [5.41, 5.74) is 0.561. The summed E-state index contributed by atoms with van der Waals surface area (Å²) in [7, 11) is -3.64. The molecule has 2 aromatic carbocycles. The standard InChI is InChI=1S/C23H25Cl2N3O3S/c24-19-2-1-3-20(21(19)25)27-22(29)26-17-4-6-18(7-5-17)32(30,31)28-23-11-14-8-15(12-23)10-16(9-14)13-23/h1-7,14-16,28H,8-13H2,(H2,26,27,29). The first-order valence-corrected chi connectivity index (χ1v) is 13.1. The van der Waals surface area contributed by atoms with Crippen LogP contribution >= 0.6 is 23.2 Å². The molecule has 4 fully saturated rings. The number of hydrogen-bond acceptors (Lipinski definition) is 3. The second-order valence-corrected chi connectivity index (χ2v) is 12.0. The van der Waals surface area contributed by atoms with Gasteiger partial charge in [0.15, 0.2) is 0 Å². The molecular weight excluding hydrogens is 469 g/mol. The van der Waals surface area contributed by atoms with Gasteiger partial charge in [0.05, 0.1) is 20.6 Å². The third-order valence-corrected chi connectivity index (χ3v) is 9.42. The Balaban J connectivity index is 1.25. The summed E-state index contributed by atoms with van der Waals surface area (Å²) in [6.07, 6.45) is 6.61. The van der Waals surface area contributed by atoms with Crippen molar-refractivity contribution in [2.75, 3.05) is 10.6 Å². The zero-order valence-electron chi connectivity index (χ0n) is 17.4. The maximum atomic E-state index is 13.1. The highest BCUT2D eigenvalue weighted by Crippen LogP contribution is 2.56. The highest BCUT2D eigenvalue weighted by atomic mass is 35.5. The fourth-order valence-corrected chi connectivity index (χ4v) is 7.96. The van der Waals surface area contributed by atoms with E-state index in [1.165, 1.54) is 31.4 Å². The predicted molar refractivity (Wildman–Crippen MR) is 127 cm³/mol. The average Bonchev–Trinajstić information content (AvgIpc) is 2.70. The van der Waals surface area contributed by atoms with Crippen LogP contribution in [0.3, 0.4) is 0 Å². The maximum Gasteiger partial charge on any atom is 0.323 e. The molecule has 6 rings (SSSR count). The fourth-order valence-electron chi connectivity index (χ4n) is 6.18. The molecule has 0 spiro atoms. The first-order chi connectivity index (χ1) is 15.2. The van der Waals surface area contributed by atoms with Gasteiger partial charge in [0, 0.05) is 11.2 Å². The van der Waals surface area contributed by atoms with Crippen LogP contribution in [0.4, 0.5) is 16.2 Å². The highest BCUT2D eigenvalue weighted by Gasteiger charge is 2.52. The summed E-state index contributed by atoms with van der Waals surface area (Å²) >= 11 is 12.1. The van der Waals surface area contributed by atoms with Crippen molar-refractivity contribution in [1.29, 1.82) is 0 Å². The van der Waals surface area contributed by atoms with Crippen LogP contribution in [0.5, 0.6) is 0 Å². The summed E-state index contributed by atoms with van der Waals surface area (Å²) in [4.78, 5) is 12.5. The fraction of sp³-hybridized carbons (Fsp3) is 0.435. The van der Waals surface area contributed by atoms with Gasteiger partial charge in [-0.25, -0.2) is 17.9 Å². The maximum absolute atomic E-state index is 13.1. The molecule has 4 aliphatic rings. The number of amides is 2. The average molecular weight is 494 g/mol. The first kappa shape index (κ1) is 22.0. The highest BCUT2D eigenvalue weighted by molar-refractivity contribution is 7.89. The SMILES string of the molecule is O=C(Nc1ccc(S(=O)(=O)NC23CC4CC(CC(C4)C2)C3)cc1)Nc1cccc(Cl)c1Cl. The largest absolute Gasteiger partial charge is 0.323 e. The van der Waals surface area contributed by atoms with Crippen molar-refractivity contribution in [2.45, 2.75) is 49.0 Å². The molecule has 4 saturated carbocycles. The van der Waals surface area contributed by atoms with Gasteiger partial charge in [-0.05, 0) is 92.7 Å². The van der Waals surface area contributed by atoms with Crippen molar-refractivity contribution in [3.8, 4) is 0 Å². The lowest BCUT2D eigenvalue weighted by atomic mass is 9.53. The van der Waals surface area contributed by atoms with E-state index >= 15 is 0 Å². The number of urea groups is 1. The lowest BCUT2D eigenvalue weighted by molar-refractivity contribution is -0.00810. The molecule has 3 N–H and O–H groups in total. The Kier molecular flexibility index (Phi) is 5.64. The number of hydrogen-bond donors (Lipinski definition) is 3. The van der Waals surface area contributed by atoms with E-state index in [2.05, 4.69) is 15.4 Å². The van der Waals surface area contributed by atoms with Crippen LogP contribution in [0, 0.1) is 17.8 Å². The zero-order chi connectivity index (χ0) is 22.5. The molecular formula is C23H25Cl2N3O3S. The number of sulfonamides is 1. The molecule has 0 radical (unpaired) electrons. The van der Waals surface area contributed by atoms with Crippen LogP contribution in [0.1, 0.15) is 38.5 Å². The Labute approximate surface area is 198 Å².